The predicted octanol–water partition coefficient (Wildman–Crippen LogP) is 7.55. The monoisotopic (exact) mass is 591 g/mol. The second-order valence-electron chi connectivity index (χ2n) is 13.2. The van der Waals surface area contributed by atoms with Crippen molar-refractivity contribution in [3.8, 4) is 0 Å². The van der Waals surface area contributed by atoms with Crippen molar-refractivity contribution in [2.75, 3.05) is 5.73 Å². The fourth-order valence-electron chi connectivity index (χ4n) is 8.26. The fraction of sp³-hybridized carbons (Fsp3) is 0.417. The van der Waals surface area contributed by atoms with Crippen LogP contribution in [-0.2, 0) is 32.2 Å². The number of fused-ring (bicyclic) bond motifs is 8. The molecule has 2 bridgehead atoms. The van der Waals surface area contributed by atoms with E-state index in [2.05, 4.69) is 56.5 Å². The van der Waals surface area contributed by atoms with Crippen molar-refractivity contribution in [2.24, 2.45) is 11.8 Å². The molecule has 4 N–H and O–H groups in total. The number of unbranched alkanes of at least 4 members (excludes halogenated alkanes) is 1. The van der Waals surface area contributed by atoms with Gasteiger partial charge in [-0.2, -0.15) is 4.68 Å². The fourth-order valence-corrected chi connectivity index (χ4v) is 8.43. The molecule has 220 valence electrons. The Balaban J connectivity index is 0.824. The van der Waals surface area contributed by atoms with E-state index in [0.29, 0.717) is 16.9 Å². The highest BCUT2D eigenvalue weighted by Crippen LogP contribution is 2.47. The largest absolute Gasteiger partial charge is 0.398 e. The summed E-state index contributed by atoms with van der Waals surface area (Å²) < 4.78 is 2.18. The number of anilines is 1. The Morgan fingerprint density at radius 3 is 2.91 bits per heavy atom. The zero-order valence-corrected chi connectivity index (χ0v) is 25.5. The highest BCUT2D eigenvalue weighted by atomic mass is 35.5. The Bertz CT molecular complexity index is 1850. The summed E-state index contributed by atoms with van der Waals surface area (Å²) in [4.78, 5) is 8.69. The first-order valence-electron chi connectivity index (χ1n) is 16.2. The summed E-state index contributed by atoms with van der Waals surface area (Å²) >= 11 is 6.24. The van der Waals surface area contributed by atoms with Gasteiger partial charge in [-0.1, -0.05) is 46.7 Å². The van der Waals surface area contributed by atoms with Crippen LogP contribution in [-0.4, -0.2) is 20.3 Å². The van der Waals surface area contributed by atoms with Crippen molar-refractivity contribution in [1.82, 2.24) is 20.3 Å². The summed E-state index contributed by atoms with van der Waals surface area (Å²) in [7, 11) is 0. The first-order chi connectivity index (χ1) is 21.1. The van der Waals surface area contributed by atoms with Gasteiger partial charge in [0.1, 0.15) is 6.54 Å². The number of nitrogens with two attached hydrogens (primary N) is 1. The molecule has 0 spiro atoms. The third-order valence-electron chi connectivity index (χ3n) is 10.3. The molecule has 0 radical (unpaired) electrons. The van der Waals surface area contributed by atoms with Crippen molar-refractivity contribution in [3.63, 3.8) is 0 Å². The second kappa shape index (κ2) is 11.1. The number of para-hydroxylation sites is 1. The van der Waals surface area contributed by atoms with Gasteiger partial charge >= 0.3 is 0 Å². The molecule has 3 heterocycles. The molecule has 7 heteroatoms. The zero-order valence-electron chi connectivity index (χ0n) is 24.7. The number of hydrogen-bond acceptors (Lipinski definition) is 3. The van der Waals surface area contributed by atoms with E-state index >= 15 is 0 Å². The molecule has 0 saturated heterocycles. The van der Waals surface area contributed by atoms with Crippen LogP contribution in [0.25, 0.3) is 21.8 Å². The molecule has 5 aromatic rings. The smallest absolute Gasteiger partial charge is 0.218 e. The molecule has 0 saturated carbocycles. The summed E-state index contributed by atoms with van der Waals surface area (Å²) in [5.74, 6) is 1.78. The topological polar surface area (TPSA) is 87.3 Å². The normalized spacial score (nSPS) is 21.1. The number of nitrogen functional groups attached to an aromatic ring is 1. The number of hydrogen-bond donors (Lipinski definition) is 3. The van der Waals surface area contributed by atoms with E-state index in [1.807, 2.05) is 18.2 Å². The van der Waals surface area contributed by atoms with Gasteiger partial charge < -0.3 is 10.7 Å². The molecule has 3 aliphatic carbocycles. The molecule has 2 aromatic carbocycles. The lowest BCUT2D eigenvalue weighted by Crippen LogP contribution is -2.35. The van der Waals surface area contributed by atoms with Crippen LogP contribution in [0.4, 0.5) is 5.69 Å². The number of nitrogens with one attached hydrogen (secondary N) is 2. The van der Waals surface area contributed by atoms with Crippen molar-refractivity contribution in [3.05, 3.63) is 93.5 Å². The Hall–Kier alpha value is -3.64. The van der Waals surface area contributed by atoms with Crippen LogP contribution in [0.1, 0.15) is 79.1 Å². The zero-order chi connectivity index (χ0) is 28.9. The number of halogens is 1. The second-order valence-corrected chi connectivity index (χ2v) is 13.7. The van der Waals surface area contributed by atoms with Gasteiger partial charge in [0.25, 0.3) is 0 Å². The molecule has 8 rings (SSSR count). The number of nitrogens with zero attached hydrogens (tertiary/aromatic N) is 3. The molecular weight excluding hydrogens is 552 g/mol. The Morgan fingerprint density at radius 2 is 1.95 bits per heavy atom. The van der Waals surface area contributed by atoms with Crippen LogP contribution < -0.4 is 10.4 Å². The highest BCUT2D eigenvalue weighted by molar-refractivity contribution is 6.31. The molecule has 0 fully saturated rings. The lowest BCUT2D eigenvalue weighted by molar-refractivity contribution is -0.754. The summed E-state index contributed by atoms with van der Waals surface area (Å²) in [5, 5.41) is 11.1. The van der Waals surface area contributed by atoms with Crippen LogP contribution in [0.15, 0.2) is 60.3 Å². The first-order valence-corrected chi connectivity index (χ1v) is 16.5. The van der Waals surface area contributed by atoms with E-state index in [1.165, 1.54) is 65.7 Å². The van der Waals surface area contributed by atoms with E-state index in [1.54, 1.807) is 11.1 Å². The van der Waals surface area contributed by atoms with Crippen LogP contribution in [0.3, 0.4) is 0 Å². The first kappa shape index (κ1) is 26.9. The molecule has 3 atom stereocenters. The van der Waals surface area contributed by atoms with Crippen molar-refractivity contribution >= 4 is 39.1 Å². The number of rotatable bonds is 8. The Kier molecular flexibility index (Phi) is 6.97. The molecule has 3 aliphatic rings. The SMILES string of the molecule is Nc1c2c(nc3cc(Cl)ccc13)CC1C=C(CCCC[n+]3cc(CCC4CCc5c([nH]c6ccccc56)C4)n[nH]3)CC2C1. The molecule has 0 amide bonds. The molecular formula is C36H40ClN6+. The number of aromatic amines is 2. The van der Waals surface area contributed by atoms with Gasteiger partial charge in [-0.25, -0.2) is 0 Å². The van der Waals surface area contributed by atoms with Crippen molar-refractivity contribution in [2.45, 2.75) is 83.1 Å². The van der Waals surface area contributed by atoms with Gasteiger partial charge in [-0.05, 0) is 112 Å². The molecule has 3 unspecified atom stereocenters. The lowest BCUT2D eigenvalue weighted by Gasteiger charge is -2.36. The third kappa shape index (κ3) is 5.24. The minimum Gasteiger partial charge on any atom is -0.398 e. The van der Waals surface area contributed by atoms with E-state index < -0.39 is 0 Å². The van der Waals surface area contributed by atoms with Gasteiger partial charge in [-0.15, -0.1) is 0 Å². The maximum atomic E-state index is 6.74. The summed E-state index contributed by atoms with van der Waals surface area (Å²) in [5.41, 5.74) is 18.1. The Morgan fingerprint density at radius 1 is 1.02 bits per heavy atom. The summed E-state index contributed by atoms with van der Waals surface area (Å²) in [6.45, 7) is 0.989. The molecule has 3 aromatic heterocycles. The van der Waals surface area contributed by atoms with E-state index in [9.17, 15) is 0 Å². The van der Waals surface area contributed by atoms with Crippen LogP contribution in [0.5, 0.6) is 0 Å². The van der Waals surface area contributed by atoms with Crippen molar-refractivity contribution in [1.29, 1.82) is 0 Å². The molecule has 6 nitrogen and oxygen atoms in total. The summed E-state index contributed by atoms with van der Waals surface area (Å²) in [6, 6.07) is 14.6. The van der Waals surface area contributed by atoms with Gasteiger partial charge in [-0.3, -0.25) is 4.98 Å². The number of aromatic nitrogens is 5. The number of benzene rings is 2. The van der Waals surface area contributed by atoms with Crippen LogP contribution in [0.2, 0.25) is 5.02 Å². The average Bonchev–Trinajstić information content (AvgIpc) is 3.61. The number of aryl methyl sites for hydroxylation is 3. The van der Waals surface area contributed by atoms with Gasteiger partial charge in [0.15, 0.2) is 6.20 Å². The maximum Gasteiger partial charge on any atom is 0.218 e. The maximum absolute atomic E-state index is 6.74. The van der Waals surface area contributed by atoms with Crippen molar-refractivity contribution < 1.29 is 4.68 Å². The summed E-state index contributed by atoms with van der Waals surface area (Å²) in [6.07, 6.45) is 17.4. The number of pyridine rings is 1. The van der Waals surface area contributed by atoms with E-state index in [0.717, 1.165) is 67.6 Å². The minimum atomic E-state index is 0.484. The lowest BCUT2D eigenvalue weighted by atomic mass is 9.70. The molecule has 0 aliphatic heterocycles. The third-order valence-corrected chi connectivity index (χ3v) is 10.6. The Labute approximate surface area is 257 Å². The molecule has 43 heavy (non-hydrogen) atoms. The van der Waals surface area contributed by atoms with Gasteiger partial charge in [0.05, 0.1) is 5.52 Å². The average molecular weight is 592 g/mol. The minimum absolute atomic E-state index is 0.484. The van der Waals surface area contributed by atoms with E-state index in [4.69, 9.17) is 22.3 Å². The quantitative estimate of drug-likeness (QED) is 0.0989. The number of allylic oxidation sites excluding steroid dienone is 2. The number of H-pyrrole nitrogens is 2. The highest BCUT2D eigenvalue weighted by Gasteiger charge is 2.33. The van der Waals surface area contributed by atoms with Gasteiger partial charge in [0.2, 0.25) is 5.69 Å². The van der Waals surface area contributed by atoms with E-state index in [-0.39, 0.29) is 0 Å². The van der Waals surface area contributed by atoms with Gasteiger partial charge in [0, 0.05) is 55.5 Å². The van der Waals surface area contributed by atoms with Crippen LogP contribution >= 0.6 is 11.6 Å². The van der Waals surface area contributed by atoms with Crippen LogP contribution in [0, 0.1) is 11.8 Å². The standard InChI is InChI=1S/C36H39ClN6/c37-26-10-13-30-33(20-26)40-34-19-24-15-23(16-25(17-24)35(34)36(30)38)5-3-4-14-43-21-27(41-42-43)11-8-22-9-12-29-28-6-1-2-7-31(28)39-32(29)18-22/h1-2,6-7,10,13,15,20-22,24-25,39H,3-5,8-9,11-12,14,16-19H2,(H2,38,40)/p+1. The predicted molar refractivity (Wildman–Crippen MR) is 173 cm³/mol.